The number of allylic oxidation sites excluding steroid dienone is 6. The summed E-state index contributed by atoms with van der Waals surface area (Å²) in [6.07, 6.45) is 31.5. The van der Waals surface area contributed by atoms with E-state index in [0.29, 0.717) is 23.9 Å². The number of pyridine rings is 4. The molecule has 3 radical (unpaired) electrons. The first-order valence-corrected chi connectivity index (χ1v) is 50.1. The standard InChI is InChI=1S/2C22H22N.2C20H20N.3C13H24O2.3Ir/c2*1-15-11-16(2)13-20(12-15)22-21-8-7-18(17-5-3-4-6-17)14-19(21)9-10-23-22;2*1-13(2)16-5-6-19-17(12-16)7-8-21-20(19)18-10-14(3)9-15(4)11-18;3*1-5-10(6-2)12(14)9-13(15)11(7-3)8-4;;;/h2*7-12,14,17H,3-6H2,1-2H3;2*5-10,12-13H,1-4H3;3*9-11,14H,5-8H2,1-4H3;;;/q4*-1;;;;;;/i10D;;;;;;;;;. The summed E-state index contributed by atoms with van der Waals surface area (Å²) in [5, 5.41) is 38.9. The van der Waals surface area contributed by atoms with E-state index in [-0.39, 0.29) is 130 Å². The second kappa shape index (κ2) is 59.4. The summed E-state index contributed by atoms with van der Waals surface area (Å²) < 4.78 is 8.13. The number of fused-ring (bicyclic) bond motifs is 4. The van der Waals surface area contributed by atoms with Gasteiger partial charge in [-0.1, -0.05) is 265 Å². The van der Waals surface area contributed by atoms with Crippen LogP contribution in [0.3, 0.4) is 0 Å². The molecule has 2 aliphatic rings. The van der Waals surface area contributed by atoms with Crippen molar-refractivity contribution in [2.45, 2.75) is 318 Å². The van der Waals surface area contributed by atoms with Crippen molar-refractivity contribution < 1.29 is 91.4 Å². The second-order valence-electron chi connectivity index (χ2n) is 37.8. The maximum atomic E-state index is 11.7. The molecule has 8 aromatic carbocycles. The molecule has 0 aliphatic heterocycles. The summed E-state index contributed by atoms with van der Waals surface area (Å²) in [4.78, 5) is 53.5. The molecule has 0 unspecified atom stereocenters. The molecule has 735 valence electrons. The number of hydrogen-bond donors (Lipinski definition) is 3. The van der Waals surface area contributed by atoms with Gasteiger partial charge in [0.1, 0.15) is 0 Å². The van der Waals surface area contributed by atoms with Gasteiger partial charge in [0.05, 0.1) is 18.6 Å². The van der Waals surface area contributed by atoms with Gasteiger partial charge in [-0.2, -0.15) is 0 Å². The van der Waals surface area contributed by atoms with E-state index < -0.39 is 0 Å². The van der Waals surface area contributed by atoms with Crippen LogP contribution in [0.1, 0.15) is 331 Å². The fraction of sp³-hybridized carbons (Fsp3) is 0.439. The van der Waals surface area contributed by atoms with E-state index in [1.165, 1.54) is 152 Å². The molecular formula is C123H156Ir3N4O6-4. The molecular weight excluding hydrogens is 2210 g/mol. The van der Waals surface area contributed by atoms with Crippen LogP contribution in [0.5, 0.6) is 0 Å². The van der Waals surface area contributed by atoms with Crippen molar-refractivity contribution in [1.29, 1.82) is 0 Å². The SMILES string of the molecule is CCC(CC)C(=O)C=C(O)C(CC)CC.CCC(CC)C(=O)C=C(O)C(CC)CC.CCC(CC)C(=O)C=C(O)C(CC)CC.Cc1[c-]c(-c2nccc3cc(C(C)C)ccc23)cc(C)c1.Cc1[c-]c(-c2nccc3cc(C(C)C)ccc23)cc(C)c1.Cc1[c-]c(-c2nccc3cc(C4CCCC4)ccc23)cc(C)c1.[2H]c1cc2cc(C3CCCC3)ccc2c(-c2[c-]c(C)cc(C)c2)n1.[Ir].[Ir].[Ir]. The Hall–Kier alpha value is -9.02. The molecule has 2 saturated carbocycles. The molecule has 0 amide bonds. The Kier molecular flexibility index (Phi) is 50.5. The van der Waals surface area contributed by atoms with Crippen molar-refractivity contribution in [2.75, 3.05) is 0 Å². The van der Waals surface area contributed by atoms with Gasteiger partial charge in [-0.15, -0.1) is 140 Å². The summed E-state index contributed by atoms with van der Waals surface area (Å²) in [6, 6.07) is 66.1. The summed E-state index contributed by atoms with van der Waals surface area (Å²) in [7, 11) is 0. The molecule has 3 N–H and O–H groups in total. The van der Waals surface area contributed by atoms with E-state index in [0.717, 1.165) is 155 Å². The van der Waals surface area contributed by atoms with Crippen LogP contribution in [-0.2, 0) is 74.7 Å². The Balaban J connectivity index is 0.000000284. The Morgan fingerprint density at radius 1 is 0.324 bits per heavy atom. The number of rotatable bonds is 29. The number of carbonyl (C=O) groups excluding carboxylic acids is 3. The molecule has 136 heavy (non-hydrogen) atoms. The Bertz CT molecular complexity index is 5600. The first-order valence-electron chi connectivity index (χ1n) is 50.6. The smallest absolute Gasteiger partial charge is 0.162 e. The van der Waals surface area contributed by atoms with Crippen molar-refractivity contribution in [3.05, 3.63) is 297 Å². The topological polar surface area (TPSA) is 163 Å². The van der Waals surface area contributed by atoms with Gasteiger partial charge in [0.25, 0.3) is 0 Å². The molecule has 0 spiro atoms. The van der Waals surface area contributed by atoms with Crippen molar-refractivity contribution in [2.24, 2.45) is 35.5 Å². The number of aliphatic hydroxyl groups excluding tert-OH is 3. The van der Waals surface area contributed by atoms with Gasteiger partial charge < -0.3 is 35.3 Å². The number of carbonyl (C=O) groups is 3. The summed E-state index contributed by atoms with van der Waals surface area (Å²) >= 11 is 0. The Morgan fingerprint density at radius 3 is 0.801 bits per heavy atom. The first-order chi connectivity index (χ1) is 64.2. The molecule has 12 aromatic rings. The first kappa shape index (κ1) is 116. The van der Waals surface area contributed by atoms with Crippen molar-refractivity contribution in [1.82, 2.24) is 19.9 Å². The number of hydrogen-bond acceptors (Lipinski definition) is 10. The third kappa shape index (κ3) is 34.2. The van der Waals surface area contributed by atoms with Crippen LogP contribution < -0.4 is 0 Å². The van der Waals surface area contributed by atoms with Crippen LogP contribution in [0, 0.1) is 115 Å². The number of aryl methyl sites for hydroxylation is 8. The zero-order chi connectivity index (χ0) is 98.0. The third-order valence-corrected chi connectivity index (χ3v) is 26.9. The zero-order valence-corrected chi connectivity index (χ0v) is 93.3. The van der Waals surface area contributed by atoms with E-state index in [1.807, 2.05) is 108 Å². The summed E-state index contributed by atoms with van der Waals surface area (Å²) in [5.74, 6) is 4.16. The van der Waals surface area contributed by atoms with Gasteiger partial charge in [0.2, 0.25) is 0 Å². The molecule has 4 aromatic heterocycles. The monoisotopic (exact) mass is 2370 g/mol. The number of nitrogens with zero attached hydrogens (tertiary/aromatic N) is 4. The maximum absolute atomic E-state index is 11.7. The van der Waals surface area contributed by atoms with Gasteiger partial charge in [-0.25, -0.2) is 0 Å². The third-order valence-electron chi connectivity index (χ3n) is 26.9. The van der Waals surface area contributed by atoms with Gasteiger partial charge in [-0.3, -0.25) is 14.4 Å². The Morgan fingerprint density at radius 2 is 0.559 bits per heavy atom. The maximum Gasteiger partial charge on any atom is 0.162 e. The van der Waals surface area contributed by atoms with Crippen molar-refractivity contribution in [3.63, 3.8) is 0 Å². The van der Waals surface area contributed by atoms with Crippen LogP contribution in [0.2, 0.25) is 0 Å². The van der Waals surface area contributed by atoms with E-state index in [9.17, 15) is 29.7 Å². The molecule has 10 nitrogen and oxygen atoms in total. The predicted molar refractivity (Wildman–Crippen MR) is 564 cm³/mol. The molecule has 14 rings (SSSR count). The molecule has 0 bridgehead atoms. The van der Waals surface area contributed by atoms with E-state index in [1.54, 1.807) is 0 Å². The van der Waals surface area contributed by atoms with E-state index >= 15 is 0 Å². The number of ketones is 3. The second-order valence-corrected chi connectivity index (χ2v) is 37.8. The van der Waals surface area contributed by atoms with Crippen LogP contribution in [0.15, 0.2) is 206 Å². The average molecular weight is 2360 g/mol. The van der Waals surface area contributed by atoms with Crippen molar-refractivity contribution >= 4 is 60.4 Å². The van der Waals surface area contributed by atoms with Crippen molar-refractivity contribution in [3.8, 4) is 45.0 Å². The van der Waals surface area contributed by atoms with Gasteiger partial charge in [0.15, 0.2) is 17.3 Å². The molecule has 4 heterocycles. The quantitative estimate of drug-likeness (QED) is 0.0234. The Labute approximate surface area is 860 Å². The van der Waals surface area contributed by atoms with Crippen LogP contribution >= 0.6 is 0 Å². The van der Waals surface area contributed by atoms with E-state index in [4.69, 9.17) is 1.37 Å². The number of aliphatic hydroxyl groups is 3. The minimum atomic E-state index is 0. The molecule has 13 heteroatoms. The van der Waals surface area contributed by atoms with Crippen LogP contribution in [0.25, 0.3) is 88.1 Å². The molecule has 2 aliphatic carbocycles. The minimum absolute atomic E-state index is 0. The molecule has 0 atom stereocenters. The number of aromatic nitrogens is 4. The van der Waals surface area contributed by atoms with Gasteiger partial charge in [0, 0.05) is 139 Å². The summed E-state index contributed by atoms with van der Waals surface area (Å²) in [6.45, 7) is 49.9. The number of benzene rings is 8. The zero-order valence-electron chi connectivity index (χ0n) is 87.1. The van der Waals surface area contributed by atoms with Crippen LogP contribution in [0.4, 0.5) is 0 Å². The van der Waals surface area contributed by atoms with Gasteiger partial charge in [-0.05, 0) is 239 Å². The molecule has 2 fully saturated rings. The largest absolute Gasteiger partial charge is 0.512 e. The fourth-order valence-corrected chi connectivity index (χ4v) is 18.8. The summed E-state index contributed by atoms with van der Waals surface area (Å²) in [5.41, 5.74) is 23.4. The normalized spacial score (nSPS) is 12.9. The van der Waals surface area contributed by atoms with Gasteiger partial charge >= 0.3 is 0 Å². The minimum Gasteiger partial charge on any atom is -0.512 e. The van der Waals surface area contributed by atoms with E-state index in [2.05, 4.69) is 267 Å². The average Bonchev–Trinajstić information content (AvgIpc) is 1.71. The fourth-order valence-electron chi connectivity index (χ4n) is 18.8. The predicted octanol–water partition coefficient (Wildman–Crippen LogP) is 34.4. The van der Waals surface area contributed by atoms with Crippen LogP contribution in [-0.4, -0.2) is 52.6 Å². The molecule has 0 saturated heterocycles.